The van der Waals surface area contributed by atoms with Gasteiger partial charge in [0.05, 0.1) is 6.61 Å². The van der Waals surface area contributed by atoms with Crippen molar-refractivity contribution in [1.29, 1.82) is 0 Å². The van der Waals surface area contributed by atoms with Gasteiger partial charge in [0, 0.05) is 31.9 Å². The van der Waals surface area contributed by atoms with Crippen LogP contribution in [0, 0.1) is 0 Å². The molecule has 8 heteroatoms. The van der Waals surface area contributed by atoms with Gasteiger partial charge in [-0.15, -0.1) is 0 Å². The van der Waals surface area contributed by atoms with E-state index in [-0.39, 0.29) is 30.6 Å². The Morgan fingerprint density at radius 1 is 1.19 bits per heavy atom. The van der Waals surface area contributed by atoms with Gasteiger partial charge in [0.25, 0.3) is 5.56 Å². The second-order valence-electron chi connectivity index (χ2n) is 6.27. The van der Waals surface area contributed by atoms with Gasteiger partial charge >= 0.3 is 0 Å². The Morgan fingerprint density at radius 3 is 2.78 bits per heavy atom. The summed E-state index contributed by atoms with van der Waals surface area (Å²) in [4.78, 5) is 37.9. The molecule has 0 aliphatic carbocycles. The Bertz CT molecular complexity index is 837. The lowest BCUT2D eigenvalue weighted by Crippen LogP contribution is -2.56. The number of aromatic nitrogens is 2. The summed E-state index contributed by atoms with van der Waals surface area (Å²) in [6.07, 6.45) is 2.11. The van der Waals surface area contributed by atoms with Crippen molar-refractivity contribution in [3.63, 3.8) is 0 Å². The van der Waals surface area contributed by atoms with Gasteiger partial charge in [-0.1, -0.05) is 30.3 Å². The molecule has 1 aliphatic rings. The number of ether oxygens (including phenoxy) is 1. The van der Waals surface area contributed by atoms with E-state index in [9.17, 15) is 14.4 Å². The highest BCUT2D eigenvalue weighted by Gasteiger charge is 2.33. The first-order valence-electron chi connectivity index (χ1n) is 8.86. The molecule has 3 rings (SSSR count). The number of hydrogen-bond donors (Lipinski definition) is 1. The van der Waals surface area contributed by atoms with Crippen LogP contribution in [0.3, 0.4) is 0 Å². The SMILES string of the molecule is O=C(NCCCn1ncccc1=O)[C@@H]1COCC(=O)N1Cc1ccccc1. The van der Waals surface area contributed by atoms with Crippen molar-refractivity contribution in [1.82, 2.24) is 20.0 Å². The molecule has 0 unspecified atom stereocenters. The summed E-state index contributed by atoms with van der Waals surface area (Å²) in [5.74, 6) is -0.461. The lowest BCUT2D eigenvalue weighted by atomic mass is 10.1. The molecule has 2 aromatic rings. The highest BCUT2D eigenvalue weighted by molar-refractivity contribution is 5.89. The molecule has 1 saturated heterocycles. The summed E-state index contributed by atoms with van der Waals surface area (Å²) < 4.78 is 6.62. The maximum atomic E-state index is 12.6. The Balaban J connectivity index is 1.54. The van der Waals surface area contributed by atoms with Gasteiger partial charge in [-0.05, 0) is 18.1 Å². The van der Waals surface area contributed by atoms with Crippen LogP contribution >= 0.6 is 0 Å². The molecule has 8 nitrogen and oxygen atoms in total. The fourth-order valence-corrected chi connectivity index (χ4v) is 2.91. The van der Waals surface area contributed by atoms with Crippen LogP contribution in [0.2, 0.25) is 0 Å². The average molecular weight is 370 g/mol. The lowest BCUT2D eigenvalue weighted by molar-refractivity contribution is -0.155. The van der Waals surface area contributed by atoms with Crippen molar-refractivity contribution in [2.75, 3.05) is 19.8 Å². The van der Waals surface area contributed by atoms with Crippen LogP contribution < -0.4 is 10.9 Å². The fourth-order valence-electron chi connectivity index (χ4n) is 2.91. The van der Waals surface area contributed by atoms with Crippen LogP contribution in [0.1, 0.15) is 12.0 Å². The van der Waals surface area contributed by atoms with Crippen molar-refractivity contribution < 1.29 is 14.3 Å². The zero-order chi connectivity index (χ0) is 19.1. The smallest absolute Gasteiger partial charge is 0.266 e. The Morgan fingerprint density at radius 2 is 2.00 bits per heavy atom. The molecule has 0 spiro atoms. The van der Waals surface area contributed by atoms with E-state index >= 15 is 0 Å². The van der Waals surface area contributed by atoms with Crippen molar-refractivity contribution in [3.8, 4) is 0 Å². The number of aryl methyl sites for hydroxylation is 1. The topological polar surface area (TPSA) is 93.5 Å². The zero-order valence-corrected chi connectivity index (χ0v) is 14.9. The number of nitrogens with zero attached hydrogens (tertiary/aromatic N) is 3. The van der Waals surface area contributed by atoms with Crippen molar-refractivity contribution in [2.24, 2.45) is 0 Å². The number of hydrogen-bond acceptors (Lipinski definition) is 5. The number of benzene rings is 1. The summed E-state index contributed by atoms with van der Waals surface area (Å²) in [6, 6.07) is 11.9. The summed E-state index contributed by atoms with van der Waals surface area (Å²) in [5, 5.41) is 6.79. The van der Waals surface area contributed by atoms with Crippen LogP contribution in [0.5, 0.6) is 0 Å². The quantitative estimate of drug-likeness (QED) is 0.702. The second kappa shape index (κ2) is 9.09. The Labute approximate surface area is 156 Å². The van der Waals surface area contributed by atoms with Gasteiger partial charge in [-0.25, -0.2) is 4.68 Å². The average Bonchev–Trinajstić information content (AvgIpc) is 2.69. The molecule has 0 bridgehead atoms. The summed E-state index contributed by atoms with van der Waals surface area (Å²) in [7, 11) is 0. The molecule has 1 N–H and O–H groups in total. The molecule has 2 amide bonds. The molecule has 1 aromatic carbocycles. The third kappa shape index (κ3) is 5.01. The van der Waals surface area contributed by atoms with E-state index in [1.807, 2.05) is 30.3 Å². The number of carbonyl (C=O) groups excluding carboxylic acids is 2. The van der Waals surface area contributed by atoms with E-state index in [0.29, 0.717) is 26.1 Å². The summed E-state index contributed by atoms with van der Waals surface area (Å²) in [6.45, 7) is 1.31. The highest BCUT2D eigenvalue weighted by Crippen LogP contribution is 2.13. The summed E-state index contributed by atoms with van der Waals surface area (Å²) in [5.41, 5.74) is 0.782. The van der Waals surface area contributed by atoms with Crippen LogP contribution in [0.15, 0.2) is 53.5 Å². The molecule has 2 heterocycles. The molecule has 0 radical (unpaired) electrons. The molecule has 0 saturated carbocycles. The number of nitrogens with one attached hydrogen (secondary N) is 1. The Kier molecular flexibility index (Phi) is 6.32. The zero-order valence-electron chi connectivity index (χ0n) is 14.9. The van der Waals surface area contributed by atoms with E-state index in [2.05, 4.69) is 10.4 Å². The standard InChI is InChI=1S/C19H22N4O4/c24-17-8-4-10-21-23(17)11-5-9-20-19(26)16-13-27-14-18(25)22(16)12-15-6-2-1-3-7-15/h1-4,6-8,10,16H,5,9,11-14H2,(H,20,26)/t16-/m0/s1. The molecule has 1 fully saturated rings. The summed E-state index contributed by atoms with van der Waals surface area (Å²) >= 11 is 0. The molecular formula is C19H22N4O4. The molecule has 1 atom stereocenters. The molecule has 1 aromatic heterocycles. The fraction of sp³-hybridized carbons (Fsp3) is 0.368. The maximum Gasteiger partial charge on any atom is 0.266 e. The first-order chi connectivity index (χ1) is 13.1. The van der Waals surface area contributed by atoms with E-state index in [1.165, 1.54) is 10.7 Å². The third-order valence-electron chi connectivity index (χ3n) is 4.33. The van der Waals surface area contributed by atoms with Gasteiger partial charge < -0.3 is 15.0 Å². The molecule has 1 aliphatic heterocycles. The number of carbonyl (C=O) groups is 2. The van der Waals surface area contributed by atoms with E-state index in [0.717, 1.165) is 5.56 Å². The van der Waals surface area contributed by atoms with Crippen LogP contribution in [0.25, 0.3) is 0 Å². The van der Waals surface area contributed by atoms with Crippen molar-refractivity contribution in [2.45, 2.75) is 25.6 Å². The van der Waals surface area contributed by atoms with Crippen LogP contribution in [-0.4, -0.2) is 52.3 Å². The normalized spacial score (nSPS) is 17.0. The number of amides is 2. The van der Waals surface area contributed by atoms with Gasteiger partial charge in [0.15, 0.2) is 0 Å². The van der Waals surface area contributed by atoms with Crippen molar-refractivity contribution >= 4 is 11.8 Å². The van der Waals surface area contributed by atoms with E-state index in [4.69, 9.17) is 4.74 Å². The molecule has 27 heavy (non-hydrogen) atoms. The lowest BCUT2D eigenvalue weighted by Gasteiger charge is -2.34. The monoisotopic (exact) mass is 370 g/mol. The second-order valence-corrected chi connectivity index (χ2v) is 6.27. The van der Waals surface area contributed by atoms with E-state index < -0.39 is 6.04 Å². The van der Waals surface area contributed by atoms with Crippen LogP contribution in [0.4, 0.5) is 0 Å². The predicted octanol–water partition coefficient (Wildman–Crippen LogP) is 0.177. The minimum absolute atomic E-state index is 0.0147. The molecule has 142 valence electrons. The van der Waals surface area contributed by atoms with Crippen LogP contribution in [-0.2, 0) is 27.4 Å². The van der Waals surface area contributed by atoms with Gasteiger partial charge in [-0.3, -0.25) is 14.4 Å². The predicted molar refractivity (Wildman–Crippen MR) is 97.7 cm³/mol. The minimum atomic E-state index is -0.663. The number of rotatable bonds is 7. The van der Waals surface area contributed by atoms with Gasteiger partial charge in [0.2, 0.25) is 11.8 Å². The number of morpholine rings is 1. The largest absolute Gasteiger partial charge is 0.369 e. The first-order valence-corrected chi connectivity index (χ1v) is 8.86. The molecular weight excluding hydrogens is 348 g/mol. The minimum Gasteiger partial charge on any atom is -0.369 e. The third-order valence-corrected chi connectivity index (χ3v) is 4.33. The first kappa shape index (κ1) is 18.8. The van der Waals surface area contributed by atoms with Gasteiger partial charge in [0.1, 0.15) is 12.6 Å². The van der Waals surface area contributed by atoms with Crippen molar-refractivity contribution in [3.05, 3.63) is 64.6 Å². The highest BCUT2D eigenvalue weighted by atomic mass is 16.5. The Hall–Kier alpha value is -3.00. The van der Waals surface area contributed by atoms with Gasteiger partial charge in [-0.2, -0.15) is 5.10 Å². The van der Waals surface area contributed by atoms with E-state index in [1.54, 1.807) is 17.2 Å². The maximum absolute atomic E-state index is 12.6.